The lowest BCUT2D eigenvalue weighted by atomic mass is 10.00. The molecule has 1 saturated heterocycles. The topological polar surface area (TPSA) is 41.6 Å². The van der Waals surface area contributed by atoms with Crippen LogP contribution in [-0.2, 0) is 6.42 Å². The van der Waals surface area contributed by atoms with Crippen molar-refractivity contribution in [2.24, 2.45) is 0 Å². The van der Waals surface area contributed by atoms with Gasteiger partial charge in [-0.05, 0) is 30.8 Å². The van der Waals surface area contributed by atoms with Gasteiger partial charge in [-0.2, -0.15) is 0 Å². The number of ketones is 1. The van der Waals surface area contributed by atoms with E-state index in [2.05, 4.69) is 17.3 Å². The Hall–Kier alpha value is -1.39. The first-order valence-corrected chi connectivity index (χ1v) is 6.93. The lowest BCUT2D eigenvalue weighted by molar-refractivity contribution is 0.0952. The number of carbonyl (C=O) groups is 1. The SMILES string of the molecule is CN1CCNC(CC(=O)c2ccc3c(c2)CCO3)C1. The van der Waals surface area contributed by atoms with Crippen LogP contribution in [0.3, 0.4) is 0 Å². The van der Waals surface area contributed by atoms with E-state index in [1.54, 1.807) is 0 Å². The zero-order valence-corrected chi connectivity index (χ0v) is 11.3. The van der Waals surface area contributed by atoms with E-state index in [1.807, 2.05) is 18.2 Å². The molecular weight excluding hydrogens is 240 g/mol. The Morgan fingerprint density at radius 3 is 3.26 bits per heavy atom. The lowest BCUT2D eigenvalue weighted by Crippen LogP contribution is -2.49. The largest absolute Gasteiger partial charge is 0.493 e. The molecule has 0 aromatic heterocycles. The second-order valence-corrected chi connectivity index (χ2v) is 5.46. The second-order valence-electron chi connectivity index (χ2n) is 5.46. The van der Waals surface area contributed by atoms with Crippen LogP contribution in [0.2, 0.25) is 0 Å². The van der Waals surface area contributed by atoms with Gasteiger partial charge in [-0.25, -0.2) is 0 Å². The third-order valence-electron chi connectivity index (χ3n) is 3.90. The number of piperazine rings is 1. The average molecular weight is 260 g/mol. The number of Topliss-reactive ketones (excluding diaryl/α,β-unsaturated/α-hetero) is 1. The molecule has 4 heteroatoms. The molecule has 1 aromatic rings. The summed E-state index contributed by atoms with van der Waals surface area (Å²) in [5.74, 6) is 1.16. The predicted octanol–water partition coefficient (Wildman–Crippen LogP) is 1.10. The van der Waals surface area contributed by atoms with Crippen molar-refractivity contribution < 1.29 is 9.53 Å². The minimum Gasteiger partial charge on any atom is -0.493 e. The second kappa shape index (κ2) is 5.31. The van der Waals surface area contributed by atoms with Gasteiger partial charge in [0, 0.05) is 44.1 Å². The molecule has 0 aliphatic carbocycles. The van der Waals surface area contributed by atoms with Crippen LogP contribution in [0.5, 0.6) is 5.75 Å². The zero-order chi connectivity index (χ0) is 13.2. The smallest absolute Gasteiger partial charge is 0.164 e. The average Bonchev–Trinajstić information content (AvgIpc) is 2.85. The van der Waals surface area contributed by atoms with E-state index in [1.165, 1.54) is 5.56 Å². The number of hydrogen-bond acceptors (Lipinski definition) is 4. The summed E-state index contributed by atoms with van der Waals surface area (Å²) in [6.07, 6.45) is 1.49. The zero-order valence-electron chi connectivity index (χ0n) is 11.3. The Morgan fingerprint density at radius 1 is 1.53 bits per heavy atom. The fourth-order valence-corrected chi connectivity index (χ4v) is 2.83. The number of hydrogen-bond donors (Lipinski definition) is 1. The van der Waals surface area contributed by atoms with Gasteiger partial charge in [-0.15, -0.1) is 0 Å². The number of fused-ring (bicyclic) bond motifs is 1. The molecule has 2 heterocycles. The molecule has 0 saturated carbocycles. The van der Waals surface area contributed by atoms with Gasteiger partial charge < -0.3 is 15.0 Å². The van der Waals surface area contributed by atoms with Crippen LogP contribution in [0.4, 0.5) is 0 Å². The Balaban J connectivity index is 1.67. The van der Waals surface area contributed by atoms with E-state index in [4.69, 9.17) is 4.74 Å². The maximum absolute atomic E-state index is 12.3. The van der Waals surface area contributed by atoms with Crippen LogP contribution in [0.1, 0.15) is 22.3 Å². The minimum absolute atomic E-state index is 0.225. The highest BCUT2D eigenvalue weighted by atomic mass is 16.5. The Bertz CT molecular complexity index is 487. The molecule has 1 N–H and O–H groups in total. The van der Waals surface area contributed by atoms with Gasteiger partial charge >= 0.3 is 0 Å². The number of benzene rings is 1. The highest BCUT2D eigenvalue weighted by Gasteiger charge is 2.21. The van der Waals surface area contributed by atoms with E-state index < -0.39 is 0 Å². The number of nitrogens with zero attached hydrogens (tertiary/aromatic N) is 1. The van der Waals surface area contributed by atoms with E-state index in [9.17, 15) is 4.79 Å². The monoisotopic (exact) mass is 260 g/mol. The summed E-state index contributed by atoms with van der Waals surface area (Å²) in [7, 11) is 2.10. The van der Waals surface area contributed by atoms with Crippen molar-refractivity contribution in [2.75, 3.05) is 33.3 Å². The molecule has 1 fully saturated rings. The van der Waals surface area contributed by atoms with E-state index in [0.717, 1.165) is 44.0 Å². The number of nitrogens with one attached hydrogen (secondary N) is 1. The summed E-state index contributed by atoms with van der Waals surface area (Å²) in [6.45, 7) is 3.70. The summed E-state index contributed by atoms with van der Waals surface area (Å²) in [6, 6.07) is 6.09. The first kappa shape index (κ1) is 12.6. The summed E-state index contributed by atoms with van der Waals surface area (Å²) in [5, 5.41) is 3.42. The molecule has 2 aliphatic rings. The van der Waals surface area contributed by atoms with Gasteiger partial charge in [0.2, 0.25) is 0 Å². The molecule has 3 rings (SSSR count). The lowest BCUT2D eigenvalue weighted by Gasteiger charge is -2.30. The van der Waals surface area contributed by atoms with Gasteiger partial charge in [0.1, 0.15) is 5.75 Å². The molecule has 19 heavy (non-hydrogen) atoms. The molecule has 0 spiro atoms. The van der Waals surface area contributed by atoms with Crippen LogP contribution in [0.15, 0.2) is 18.2 Å². The maximum atomic E-state index is 12.3. The number of carbonyl (C=O) groups excluding carboxylic acids is 1. The quantitative estimate of drug-likeness (QED) is 0.826. The van der Waals surface area contributed by atoms with Crippen LogP contribution in [0, 0.1) is 0 Å². The van der Waals surface area contributed by atoms with E-state index in [0.29, 0.717) is 6.42 Å². The van der Waals surface area contributed by atoms with Gasteiger partial charge in [0.05, 0.1) is 6.61 Å². The summed E-state index contributed by atoms with van der Waals surface area (Å²) in [4.78, 5) is 14.6. The van der Waals surface area contributed by atoms with Crippen LogP contribution in [-0.4, -0.2) is 50.0 Å². The first-order chi connectivity index (χ1) is 9.22. The predicted molar refractivity (Wildman–Crippen MR) is 73.9 cm³/mol. The van der Waals surface area contributed by atoms with E-state index in [-0.39, 0.29) is 11.8 Å². The first-order valence-electron chi connectivity index (χ1n) is 6.93. The molecule has 1 aromatic carbocycles. The number of rotatable bonds is 3. The molecule has 1 atom stereocenters. The van der Waals surface area contributed by atoms with Gasteiger partial charge in [0.25, 0.3) is 0 Å². The molecule has 4 nitrogen and oxygen atoms in total. The molecular formula is C15H20N2O2. The van der Waals surface area contributed by atoms with Crippen molar-refractivity contribution in [2.45, 2.75) is 18.9 Å². The van der Waals surface area contributed by atoms with Crippen LogP contribution in [0.25, 0.3) is 0 Å². The van der Waals surface area contributed by atoms with E-state index >= 15 is 0 Å². The molecule has 2 aliphatic heterocycles. The van der Waals surface area contributed by atoms with Crippen molar-refractivity contribution in [1.29, 1.82) is 0 Å². The van der Waals surface area contributed by atoms with Crippen molar-refractivity contribution in [3.8, 4) is 5.75 Å². The number of ether oxygens (including phenoxy) is 1. The van der Waals surface area contributed by atoms with Crippen molar-refractivity contribution in [3.05, 3.63) is 29.3 Å². The fraction of sp³-hybridized carbons (Fsp3) is 0.533. The molecule has 0 radical (unpaired) electrons. The molecule has 0 bridgehead atoms. The molecule has 102 valence electrons. The standard InChI is InChI=1S/C15H20N2O2/c1-17-6-5-16-13(10-17)9-14(18)11-2-3-15-12(8-11)4-7-19-15/h2-3,8,13,16H,4-7,9-10H2,1H3. The Morgan fingerprint density at radius 2 is 2.42 bits per heavy atom. The number of likely N-dealkylation sites (N-methyl/N-ethyl adjacent to an activating group) is 1. The van der Waals surface area contributed by atoms with Crippen molar-refractivity contribution in [1.82, 2.24) is 10.2 Å². The Labute approximate surface area is 113 Å². The molecule has 1 unspecified atom stereocenters. The van der Waals surface area contributed by atoms with Gasteiger partial charge in [0.15, 0.2) is 5.78 Å². The van der Waals surface area contributed by atoms with Crippen LogP contribution < -0.4 is 10.1 Å². The summed E-state index contributed by atoms with van der Waals surface area (Å²) in [5.41, 5.74) is 1.99. The summed E-state index contributed by atoms with van der Waals surface area (Å²) >= 11 is 0. The minimum atomic E-state index is 0.225. The van der Waals surface area contributed by atoms with Gasteiger partial charge in [-0.1, -0.05) is 0 Å². The highest BCUT2D eigenvalue weighted by Crippen LogP contribution is 2.26. The third kappa shape index (κ3) is 2.80. The van der Waals surface area contributed by atoms with Crippen molar-refractivity contribution >= 4 is 5.78 Å². The summed E-state index contributed by atoms with van der Waals surface area (Å²) < 4.78 is 5.47. The normalized spacial score (nSPS) is 22.9. The fourth-order valence-electron chi connectivity index (χ4n) is 2.83. The van der Waals surface area contributed by atoms with Crippen molar-refractivity contribution in [3.63, 3.8) is 0 Å². The Kier molecular flexibility index (Phi) is 3.53. The van der Waals surface area contributed by atoms with Gasteiger partial charge in [-0.3, -0.25) is 4.79 Å². The highest BCUT2D eigenvalue weighted by molar-refractivity contribution is 5.96. The maximum Gasteiger partial charge on any atom is 0.164 e. The molecule has 0 amide bonds. The third-order valence-corrected chi connectivity index (χ3v) is 3.90. The van der Waals surface area contributed by atoms with Crippen LogP contribution >= 0.6 is 0 Å².